The molecule has 0 saturated heterocycles. The molecule has 7 heteroatoms. The fourth-order valence-electron chi connectivity index (χ4n) is 1.66. The lowest BCUT2D eigenvalue weighted by molar-refractivity contribution is 0.628. The molecule has 5 nitrogen and oxygen atoms in total. The van der Waals surface area contributed by atoms with Crippen molar-refractivity contribution in [3.05, 3.63) is 36.4 Å². The number of rotatable bonds is 3. The van der Waals surface area contributed by atoms with Gasteiger partial charge in [0, 0.05) is 5.69 Å². The normalized spacial score (nSPS) is 10.8. The molecule has 3 aromatic rings. The number of aromatic amines is 1. The topological polar surface area (TPSA) is 66.5 Å². The maximum absolute atomic E-state index is 12.9. The molecule has 0 unspecified atom stereocenters. The number of benzene rings is 1. The van der Waals surface area contributed by atoms with Gasteiger partial charge < -0.3 is 10.3 Å². The van der Waals surface area contributed by atoms with Crippen molar-refractivity contribution in [1.29, 1.82) is 0 Å². The second kappa shape index (κ2) is 4.85. The first-order valence-corrected chi connectivity index (χ1v) is 6.76. The Kier molecular flexibility index (Phi) is 3.04. The van der Waals surface area contributed by atoms with Crippen LogP contribution in [-0.4, -0.2) is 26.2 Å². The number of anilines is 2. The third kappa shape index (κ3) is 2.37. The Labute approximate surface area is 112 Å². The van der Waals surface area contributed by atoms with E-state index in [1.807, 2.05) is 6.26 Å². The zero-order valence-corrected chi connectivity index (χ0v) is 10.8. The molecule has 2 aromatic heterocycles. The van der Waals surface area contributed by atoms with Crippen molar-refractivity contribution < 1.29 is 4.39 Å². The van der Waals surface area contributed by atoms with Crippen molar-refractivity contribution in [2.75, 3.05) is 11.6 Å². The third-order valence-corrected chi connectivity index (χ3v) is 3.10. The van der Waals surface area contributed by atoms with Crippen LogP contribution >= 0.6 is 11.8 Å². The summed E-state index contributed by atoms with van der Waals surface area (Å²) in [5, 5.41) is 3.76. The van der Waals surface area contributed by atoms with Crippen LogP contribution in [0.4, 0.5) is 15.9 Å². The number of H-pyrrole nitrogens is 1. The molecular weight excluding hydrogens is 265 g/mol. The van der Waals surface area contributed by atoms with E-state index in [9.17, 15) is 4.39 Å². The lowest BCUT2D eigenvalue weighted by Crippen LogP contribution is -1.98. The Morgan fingerprint density at radius 1 is 1.21 bits per heavy atom. The van der Waals surface area contributed by atoms with E-state index in [4.69, 9.17) is 0 Å². The van der Waals surface area contributed by atoms with Crippen molar-refractivity contribution in [1.82, 2.24) is 19.9 Å². The molecule has 0 atom stereocenters. The Morgan fingerprint density at radius 2 is 2.00 bits per heavy atom. The van der Waals surface area contributed by atoms with Crippen LogP contribution < -0.4 is 5.32 Å². The van der Waals surface area contributed by atoms with E-state index in [-0.39, 0.29) is 5.82 Å². The van der Waals surface area contributed by atoms with Crippen molar-refractivity contribution in [2.45, 2.75) is 5.16 Å². The Hall–Kier alpha value is -2.15. The first kappa shape index (κ1) is 11.9. The molecule has 0 bridgehead atoms. The van der Waals surface area contributed by atoms with E-state index < -0.39 is 0 Å². The van der Waals surface area contributed by atoms with Crippen LogP contribution in [0.3, 0.4) is 0 Å². The lowest BCUT2D eigenvalue weighted by atomic mass is 10.3. The van der Waals surface area contributed by atoms with Gasteiger partial charge >= 0.3 is 0 Å². The number of fused-ring (bicyclic) bond motifs is 1. The van der Waals surface area contributed by atoms with E-state index >= 15 is 0 Å². The third-order valence-electron chi connectivity index (χ3n) is 2.55. The van der Waals surface area contributed by atoms with Gasteiger partial charge in [-0.3, -0.25) is 0 Å². The van der Waals surface area contributed by atoms with Crippen LogP contribution in [0.25, 0.3) is 11.2 Å². The van der Waals surface area contributed by atoms with Crippen LogP contribution in [-0.2, 0) is 0 Å². The van der Waals surface area contributed by atoms with Crippen molar-refractivity contribution in [3.63, 3.8) is 0 Å². The van der Waals surface area contributed by atoms with Gasteiger partial charge in [0.15, 0.2) is 16.6 Å². The number of hydrogen-bond donors (Lipinski definition) is 2. The lowest BCUT2D eigenvalue weighted by Gasteiger charge is -2.07. The minimum Gasteiger partial charge on any atom is -0.340 e. The zero-order valence-electron chi connectivity index (χ0n) is 10.0. The predicted octanol–water partition coefficient (Wildman–Crippen LogP) is 2.96. The molecule has 96 valence electrons. The molecule has 2 N–H and O–H groups in total. The van der Waals surface area contributed by atoms with E-state index in [1.54, 1.807) is 18.5 Å². The molecule has 0 aliphatic carbocycles. The van der Waals surface area contributed by atoms with Gasteiger partial charge in [0.05, 0.1) is 6.33 Å². The second-order valence-corrected chi connectivity index (χ2v) is 4.57. The van der Waals surface area contributed by atoms with E-state index in [1.165, 1.54) is 23.9 Å². The van der Waals surface area contributed by atoms with Gasteiger partial charge in [-0.25, -0.2) is 19.3 Å². The summed E-state index contributed by atoms with van der Waals surface area (Å²) in [7, 11) is 0. The first-order chi connectivity index (χ1) is 9.26. The minimum absolute atomic E-state index is 0.273. The SMILES string of the molecule is CSc1nc(Nc2ccc(F)cc2)c2[nH]cnc2n1. The molecule has 0 radical (unpaired) electrons. The number of hydrogen-bond acceptors (Lipinski definition) is 5. The summed E-state index contributed by atoms with van der Waals surface area (Å²) in [5.41, 5.74) is 2.08. The maximum atomic E-state index is 12.9. The number of nitrogens with one attached hydrogen (secondary N) is 2. The van der Waals surface area contributed by atoms with Gasteiger partial charge in [-0.1, -0.05) is 11.8 Å². The highest BCUT2D eigenvalue weighted by Crippen LogP contribution is 2.23. The van der Waals surface area contributed by atoms with Gasteiger partial charge in [-0.2, -0.15) is 0 Å². The van der Waals surface area contributed by atoms with Crippen LogP contribution in [0.2, 0.25) is 0 Å². The summed E-state index contributed by atoms with van der Waals surface area (Å²) >= 11 is 1.44. The largest absolute Gasteiger partial charge is 0.340 e. The molecular formula is C12H10FN5S. The van der Waals surface area contributed by atoms with Crippen LogP contribution in [0.15, 0.2) is 35.7 Å². The predicted molar refractivity (Wildman–Crippen MR) is 73.1 cm³/mol. The Bertz CT molecular complexity index is 710. The van der Waals surface area contributed by atoms with Crippen LogP contribution in [0, 0.1) is 5.82 Å². The molecule has 0 amide bonds. The summed E-state index contributed by atoms with van der Waals surface area (Å²) in [6.45, 7) is 0. The average molecular weight is 275 g/mol. The highest BCUT2D eigenvalue weighted by Gasteiger charge is 2.09. The monoisotopic (exact) mass is 275 g/mol. The standard InChI is InChI=1S/C12H10FN5S/c1-19-12-17-10-9(14-6-15-10)11(18-12)16-8-4-2-7(13)3-5-8/h2-6H,1H3,(H2,14,15,16,17,18). The molecule has 0 aliphatic heterocycles. The Balaban J connectivity index is 2.03. The maximum Gasteiger partial charge on any atom is 0.191 e. The number of imidazole rings is 1. The van der Waals surface area contributed by atoms with Gasteiger partial charge in [-0.05, 0) is 30.5 Å². The highest BCUT2D eigenvalue weighted by molar-refractivity contribution is 7.98. The fraction of sp³-hybridized carbons (Fsp3) is 0.0833. The summed E-state index contributed by atoms with van der Waals surface area (Å²) in [5.74, 6) is 0.350. The molecule has 19 heavy (non-hydrogen) atoms. The van der Waals surface area contributed by atoms with E-state index in [2.05, 4.69) is 25.3 Å². The van der Waals surface area contributed by atoms with Gasteiger partial charge in [0.25, 0.3) is 0 Å². The summed E-state index contributed by atoms with van der Waals surface area (Å²) in [6.07, 6.45) is 3.47. The molecule has 2 heterocycles. The molecule has 3 rings (SSSR count). The van der Waals surface area contributed by atoms with Gasteiger partial charge in [0.1, 0.15) is 11.3 Å². The van der Waals surface area contributed by atoms with Gasteiger partial charge in [-0.15, -0.1) is 0 Å². The van der Waals surface area contributed by atoms with E-state index in [0.29, 0.717) is 16.6 Å². The van der Waals surface area contributed by atoms with Crippen molar-refractivity contribution >= 4 is 34.4 Å². The molecule has 1 aromatic carbocycles. The smallest absolute Gasteiger partial charge is 0.191 e. The number of halogens is 1. The molecule has 0 aliphatic rings. The quantitative estimate of drug-likeness (QED) is 0.568. The number of aromatic nitrogens is 4. The summed E-state index contributed by atoms with van der Waals surface area (Å²) < 4.78 is 12.9. The number of nitrogens with zero attached hydrogens (tertiary/aromatic N) is 3. The van der Waals surface area contributed by atoms with Crippen LogP contribution in [0.1, 0.15) is 0 Å². The zero-order chi connectivity index (χ0) is 13.2. The molecule has 0 saturated carbocycles. The van der Waals surface area contributed by atoms with Crippen molar-refractivity contribution in [2.24, 2.45) is 0 Å². The second-order valence-electron chi connectivity index (χ2n) is 3.79. The van der Waals surface area contributed by atoms with Crippen molar-refractivity contribution in [3.8, 4) is 0 Å². The minimum atomic E-state index is -0.273. The molecule has 0 spiro atoms. The van der Waals surface area contributed by atoms with Gasteiger partial charge in [0.2, 0.25) is 0 Å². The van der Waals surface area contributed by atoms with Crippen LogP contribution in [0.5, 0.6) is 0 Å². The Morgan fingerprint density at radius 3 is 2.74 bits per heavy atom. The summed E-state index contributed by atoms with van der Waals surface area (Å²) in [4.78, 5) is 15.8. The molecule has 0 fully saturated rings. The first-order valence-electron chi connectivity index (χ1n) is 5.54. The summed E-state index contributed by atoms with van der Waals surface area (Å²) in [6, 6.07) is 6.09. The average Bonchev–Trinajstić information content (AvgIpc) is 2.89. The number of thioether (sulfide) groups is 1. The van der Waals surface area contributed by atoms with E-state index in [0.717, 1.165) is 11.2 Å². The highest BCUT2D eigenvalue weighted by atomic mass is 32.2. The fourth-order valence-corrected chi connectivity index (χ4v) is 2.03.